The van der Waals surface area contributed by atoms with Crippen molar-refractivity contribution >= 4 is 45.5 Å². The summed E-state index contributed by atoms with van der Waals surface area (Å²) in [5.41, 5.74) is 3.14. The Balaban J connectivity index is 1.16. The van der Waals surface area contributed by atoms with E-state index in [0.717, 1.165) is 33.6 Å². The summed E-state index contributed by atoms with van der Waals surface area (Å²) >= 11 is 2.85. The van der Waals surface area contributed by atoms with E-state index in [1.54, 1.807) is 0 Å². The van der Waals surface area contributed by atoms with Crippen molar-refractivity contribution in [2.45, 2.75) is 23.7 Å². The van der Waals surface area contributed by atoms with Gasteiger partial charge in [0.1, 0.15) is 11.5 Å². The quantitative estimate of drug-likeness (QED) is 0.324. The molecule has 2 heterocycles. The van der Waals surface area contributed by atoms with Crippen LogP contribution in [-0.4, -0.2) is 27.9 Å². The van der Waals surface area contributed by atoms with Gasteiger partial charge in [0, 0.05) is 17.4 Å². The highest BCUT2D eigenvalue weighted by molar-refractivity contribution is 8.01. The Labute approximate surface area is 200 Å². The van der Waals surface area contributed by atoms with Crippen LogP contribution < -0.4 is 15.0 Å². The normalized spacial score (nSPS) is 14.7. The number of rotatable bonds is 7. The van der Waals surface area contributed by atoms with Crippen LogP contribution in [0.4, 0.5) is 16.5 Å². The van der Waals surface area contributed by atoms with Gasteiger partial charge >= 0.3 is 0 Å². The van der Waals surface area contributed by atoms with Gasteiger partial charge in [0.2, 0.25) is 11.0 Å². The molecule has 0 aliphatic carbocycles. The number of carbonyl (C=O) groups excluding carboxylic acids is 1. The molecule has 0 bridgehead atoms. The second-order valence-corrected chi connectivity index (χ2v) is 9.87. The third-order valence-electron chi connectivity index (χ3n) is 5.29. The largest absolute Gasteiger partial charge is 0.457 e. The lowest BCUT2D eigenvalue weighted by atomic mass is 10.1. The monoisotopic (exact) mass is 474 g/mol. The van der Waals surface area contributed by atoms with Crippen molar-refractivity contribution in [1.82, 2.24) is 10.2 Å². The standard InChI is InChI=1S/C25H22N4O2S2/c1-17-15-18-7-5-6-10-22(18)29(17)23(30)16-32-25-28-27-24(33-25)26-19-11-13-21(14-12-19)31-20-8-3-2-4-9-20/h2-14,17H,15-16H2,1H3,(H,26,27). The number of carbonyl (C=O) groups is 1. The highest BCUT2D eigenvalue weighted by Gasteiger charge is 2.30. The smallest absolute Gasteiger partial charge is 0.237 e. The molecule has 1 unspecified atom stereocenters. The Morgan fingerprint density at radius 3 is 2.58 bits per heavy atom. The van der Waals surface area contributed by atoms with Crippen molar-refractivity contribution in [3.8, 4) is 11.5 Å². The van der Waals surface area contributed by atoms with Crippen molar-refractivity contribution < 1.29 is 9.53 Å². The van der Waals surface area contributed by atoms with E-state index in [9.17, 15) is 4.79 Å². The molecule has 4 aromatic rings. The topological polar surface area (TPSA) is 67.4 Å². The Morgan fingerprint density at radius 2 is 1.76 bits per heavy atom. The number of hydrogen-bond acceptors (Lipinski definition) is 7. The van der Waals surface area contributed by atoms with E-state index in [-0.39, 0.29) is 11.9 Å². The summed E-state index contributed by atoms with van der Waals surface area (Å²) in [6.07, 6.45) is 0.897. The van der Waals surface area contributed by atoms with Crippen molar-refractivity contribution in [3.63, 3.8) is 0 Å². The molecule has 0 spiro atoms. The van der Waals surface area contributed by atoms with Gasteiger partial charge in [-0.15, -0.1) is 10.2 Å². The number of ether oxygens (including phenoxy) is 1. The average Bonchev–Trinajstić information content (AvgIpc) is 3.42. The number of para-hydroxylation sites is 2. The van der Waals surface area contributed by atoms with E-state index in [1.165, 1.54) is 28.7 Å². The molecule has 1 aliphatic rings. The lowest BCUT2D eigenvalue weighted by molar-refractivity contribution is -0.116. The molecule has 5 rings (SSSR count). The van der Waals surface area contributed by atoms with Gasteiger partial charge in [-0.05, 0) is 61.4 Å². The number of nitrogens with one attached hydrogen (secondary N) is 1. The first-order valence-corrected chi connectivity index (χ1v) is 12.4. The van der Waals surface area contributed by atoms with Gasteiger partial charge in [-0.1, -0.05) is 59.5 Å². The third-order valence-corrected chi connectivity index (χ3v) is 7.24. The van der Waals surface area contributed by atoms with Crippen LogP contribution in [0, 0.1) is 0 Å². The molecule has 0 radical (unpaired) electrons. The maximum absolute atomic E-state index is 12.9. The zero-order valence-electron chi connectivity index (χ0n) is 18.0. The first-order valence-electron chi connectivity index (χ1n) is 10.6. The SMILES string of the molecule is CC1Cc2ccccc2N1C(=O)CSc1nnc(Nc2ccc(Oc3ccccc3)cc2)s1. The van der Waals surface area contributed by atoms with Gasteiger partial charge < -0.3 is 15.0 Å². The van der Waals surface area contributed by atoms with E-state index < -0.39 is 0 Å². The zero-order chi connectivity index (χ0) is 22.6. The molecule has 1 N–H and O–H groups in total. The van der Waals surface area contributed by atoms with E-state index in [4.69, 9.17) is 4.74 Å². The average molecular weight is 475 g/mol. The molecule has 0 saturated carbocycles. The van der Waals surface area contributed by atoms with Gasteiger partial charge in [0.05, 0.1) is 5.75 Å². The van der Waals surface area contributed by atoms with E-state index in [0.29, 0.717) is 10.9 Å². The number of amides is 1. The van der Waals surface area contributed by atoms with Crippen LogP contribution in [0.15, 0.2) is 83.2 Å². The number of anilines is 3. The maximum Gasteiger partial charge on any atom is 0.237 e. The minimum atomic E-state index is 0.0937. The summed E-state index contributed by atoms with van der Waals surface area (Å²) in [7, 11) is 0. The van der Waals surface area contributed by atoms with Crippen LogP contribution in [0.1, 0.15) is 12.5 Å². The Bertz CT molecular complexity index is 1240. The van der Waals surface area contributed by atoms with Crippen molar-refractivity contribution in [2.24, 2.45) is 0 Å². The van der Waals surface area contributed by atoms with Gasteiger partial charge in [0.15, 0.2) is 4.34 Å². The summed E-state index contributed by atoms with van der Waals surface area (Å²) in [6.45, 7) is 2.09. The Hall–Kier alpha value is -3.36. The summed E-state index contributed by atoms with van der Waals surface area (Å²) in [4.78, 5) is 14.8. The molecule has 6 nitrogen and oxygen atoms in total. The van der Waals surface area contributed by atoms with Crippen molar-refractivity contribution in [1.29, 1.82) is 0 Å². The zero-order valence-corrected chi connectivity index (χ0v) is 19.6. The molecule has 166 valence electrons. The lowest BCUT2D eigenvalue weighted by Crippen LogP contribution is -2.36. The predicted octanol–water partition coefficient (Wildman–Crippen LogP) is 6.14. The second kappa shape index (κ2) is 9.64. The second-order valence-electron chi connectivity index (χ2n) is 7.67. The van der Waals surface area contributed by atoms with Crippen LogP contribution in [0.2, 0.25) is 0 Å². The van der Waals surface area contributed by atoms with Crippen LogP contribution in [0.25, 0.3) is 0 Å². The number of thioether (sulfide) groups is 1. The van der Waals surface area contributed by atoms with Crippen LogP contribution in [0.3, 0.4) is 0 Å². The highest BCUT2D eigenvalue weighted by Crippen LogP contribution is 2.34. The molecule has 1 aromatic heterocycles. The number of fused-ring (bicyclic) bond motifs is 1. The van der Waals surface area contributed by atoms with Gasteiger partial charge in [0.25, 0.3) is 0 Å². The summed E-state index contributed by atoms with van der Waals surface area (Å²) in [6, 6.07) is 25.6. The molecular weight excluding hydrogens is 452 g/mol. The van der Waals surface area contributed by atoms with Gasteiger partial charge in [-0.3, -0.25) is 4.79 Å². The molecule has 0 fully saturated rings. The van der Waals surface area contributed by atoms with E-state index >= 15 is 0 Å². The van der Waals surface area contributed by atoms with Crippen LogP contribution in [-0.2, 0) is 11.2 Å². The van der Waals surface area contributed by atoms with Crippen molar-refractivity contribution in [2.75, 3.05) is 16.0 Å². The Kier molecular flexibility index (Phi) is 6.28. The van der Waals surface area contributed by atoms with Crippen molar-refractivity contribution in [3.05, 3.63) is 84.4 Å². The molecule has 33 heavy (non-hydrogen) atoms. The van der Waals surface area contributed by atoms with Crippen LogP contribution >= 0.6 is 23.1 Å². The fourth-order valence-electron chi connectivity index (χ4n) is 3.81. The Morgan fingerprint density at radius 1 is 1.03 bits per heavy atom. The first kappa shape index (κ1) is 21.5. The summed E-state index contributed by atoms with van der Waals surface area (Å²) < 4.78 is 6.58. The van der Waals surface area contributed by atoms with E-state index in [1.807, 2.05) is 77.7 Å². The maximum atomic E-state index is 12.9. The highest BCUT2D eigenvalue weighted by atomic mass is 32.2. The third kappa shape index (κ3) is 5.02. The lowest BCUT2D eigenvalue weighted by Gasteiger charge is -2.22. The minimum Gasteiger partial charge on any atom is -0.457 e. The molecule has 1 atom stereocenters. The van der Waals surface area contributed by atoms with Crippen LogP contribution in [0.5, 0.6) is 11.5 Å². The number of hydrogen-bond donors (Lipinski definition) is 1. The fraction of sp³-hybridized carbons (Fsp3) is 0.160. The predicted molar refractivity (Wildman–Crippen MR) is 134 cm³/mol. The molecule has 8 heteroatoms. The number of benzene rings is 3. The molecule has 0 saturated heterocycles. The molecule has 3 aromatic carbocycles. The summed E-state index contributed by atoms with van der Waals surface area (Å²) in [5, 5.41) is 12.4. The van der Waals surface area contributed by atoms with Gasteiger partial charge in [-0.2, -0.15) is 0 Å². The van der Waals surface area contributed by atoms with E-state index in [2.05, 4.69) is 28.5 Å². The first-order chi connectivity index (χ1) is 16.2. The fourth-order valence-corrected chi connectivity index (χ4v) is 5.44. The molecule has 1 amide bonds. The minimum absolute atomic E-state index is 0.0937. The van der Waals surface area contributed by atoms with Gasteiger partial charge in [-0.25, -0.2) is 0 Å². The molecular formula is C25H22N4O2S2. The summed E-state index contributed by atoms with van der Waals surface area (Å²) in [5.74, 6) is 1.98. The number of nitrogens with zero attached hydrogens (tertiary/aromatic N) is 3. The number of aromatic nitrogens is 2. The molecule has 1 aliphatic heterocycles.